The highest BCUT2D eigenvalue weighted by Gasteiger charge is 2.34. The zero-order valence-electron chi connectivity index (χ0n) is 16.1. The number of carbonyl (C=O) groups is 1. The van der Waals surface area contributed by atoms with Crippen molar-refractivity contribution in [3.8, 4) is 0 Å². The standard InChI is InChI=1S/C21H31NO2S/c1-21(2)11-10-17-16(12-21)18(20(23)24)19(25-17)15-9-7-5-6-8-14(15)13-22(3)4/h5-13H2,1-4H3,(H,23,24). The molecule has 1 aromatic rings. The van der Waals surface area contributed by atoms with Crippen LogP contribution in [0.25, 0.3) is 5.57 Å². The van der Waals surface area contributed by atoms with Crippen molar-refractivity contribution < 1.29 is 9.90 Å². The lowest BCUT2D eigenvalue weighted by Gasteiger charge is -2.29. The summed E-state index contributed by atoms with van der Waals surface area (Å²) in [5, 5.41) is 10.0. The monoisotopic (exact) mass is 361 g/mol. The van der Waals surface area contributed by atoms with E-state index in [1.807, 2.05) is 0 Å². The number of hydrogen-bond donors (Lipinski definition) is 1. The Bertz CT molecular complexity index is 697. The normalized spacial score (nSPS) is 20.5. The molecule has 0 radical (unpaired) electrons. The molecular weight excluding hydrogens is 330 g/mol. The Morgan fingerprint density at radius 3 is 2.56 bits per heavy atom. The van der Waals surface area contributed by atoms with Gasteiger partial charge in [-0.1, -0.05) is 25.8 Å². The summed E-state index contributed by atoms with van der Waals surface area (Å²) in [4.78, 5) is 16.8. The average molecular weight is 362 g/mol. The van der Waals surface area contributed by atoms with E-state index < -0.39 is 5.97 Å². The van der Waals surface area contributed by atoms with E-state index >= 15 is 0 Å². The average Bonchev–Trinajstić information content (AvgIpc) is 2.70. The fourth-order valence-corrected chi connectivity index (χ4v) is 5.76. The predicted molar refractivity (Wildman–Crippen MR) is 106 cm³/mol. The first-order chi connectivity index (χ1) is 11.8. The number of fused-ring (bicyclic) bond motifs is 1. The van der Waals surface area contributed by atoms with Gasteiger partial charge in [0.1, 0.15) is 0 Å². The molecule has 0 amide bonds. The van der Waals surface area contributed by atoms with Crippen molar-refractivity contribution in [3.05, 3.63) is 26.5 Å². The maximum atomic E-state index is 12.2. The smallest absolute Gasteiger partial charge is 0.337 e. The molecular formula is C21H31NO2S. The van der Waals surface area contributed by atoms with Gasteiger partial charge in [-0.3, -0.25) is 0 Å². The van der Waals surface area contributed by atoms with Gasteiger partial charge in [-0.25, -0.2) is 4.79 Å². The molecule has 3 nitrogen and oxygen atoms in total. The molecule has 1 aromatic heterocycles. The summed E-state index contributed by atoms with van der Waals surface area (Å²) >= 11 is 1.78. The predicted octanol–water partition coefficient (Wildman–Crippen LogP) is 5.24. The van der Waals surface area contributed by atoms with Gasteiger partial charge >= 0.3 is 5.97 Å². The summed E-state index contributed by atoms with van der Waals surface area (Å²) in [6.07, 6.45) is 8.89. The number of thiophene rings is 1. The number of aromatic carboxylic acids is 1. The summed E-state index contributed by atoms with van der Waals surface area (Å²) in [6, 6.07) is 0. The van der Waals surface area contributed by atoms with E-state index in [0.717, 1.165) is 49.1 Å². The van der Waals surface area contributed by atoms with Gasteiger partial charge in [-0.2, -0.15) is 0 Å². The quantitative estimate of drug-likeness (QED) is 0.797. The van der Waals surface area contributed by atoms with Crippen molar-refractivity contribution in [3.63, 3.8) is 0 Å². The van der Waals surface area contributed by atoms with Crippen LogP contribution in [-0.2, 0) is 12.8 Å². The van der Waals surface area contributed by atoms with Crippen molar-refractivity contribution in [1.29, 1.82) is 0 Å². The van der Waals surface area contributed by atoms with Gasteiger partial charge in [0, 0.05) is 16.3 Å². The van der Waals surface area contributed by atoms with Crippen molar-refractivity contribution in [2.45, 2.75) is 65.2 Å². The molecule has 2 aliphatic carbocycles. The second-order valence-corrected chi connectivity index (χ2v) is 9.84. The molecule has 0 saturated heterocycles. The highest BCUT2D eigenvalue weighted by atomic mass is 32.1. The molecule has 0 unspecified atom stereocenters. The van der Waals surface area contributed by atoms with E-state index in [0.29, 0.717) is 5.56 Å². The summed E-state index contributed by atoms with van der Waals surface area (Å²) < 4.78 is 0. The molecule has 0 aromatic carbocycles. The molecule has 4 heteroatoms. The van der Waals surface area contributed by atoms with E-state index in [-0.39, 0.29) is 5.41 Å². The van der Waals surface area contributed by atoms with Gasteiger partial charge < -0.3 is 10.0 Å². The van der Waals surface area contributed by atoms with Crippen LogP contribution in [0.4, 0.5) is 0 Å². The summed E-state index contributed by atoms with van der Waals surface area (Å²) in [6.45, 7) is 5.48. The number of aryl methyl sites for hydroxylation is 1. The third-order valence-electron chi connectivity index (χ3n) is 5.60. The minimum Gasteiger partial charge on any atom is -0.478 e. The first-order valence-corrected chi connectivity index (χ1v) is 10.3. The fourth-order valence-electron chi connectivity index (χ4n) is 4.33. The molecule has 2 aliphatic rings. The Kier molecular flexibility index (Phi) is 5.40. The van der Waals surface area contributed by atoms with E-state index in [4.69, 9.17) is 0 Å². The van der Waals surface area contributed by atoms with Crippen molar-refractivity contribution in [1.82, 2.24) is 4.90 Å². The number of allylic oxidation sites excluding steroid dienone is 1. The lowest BCUT2D eigenvalue weighted by Crippen LogP contribution is -2.22. The van der Waals surface area contributed by atoms with Crippen LogP contribution in [0.15, 0.2) is 5.57 Å². The Balaban J connectivity index is 2.13. The number of likely N-dealkylation sites (N-methyl/N-ethyl adjacent to an activating group) is 1. The molecule has 0 aliphatic heterocycles. The first kappa shape index (κ1) is 18.7. The first-order valence-electron chi connectivity index (χ1n) is 9.52. The second kappa shape index (κ2) is 7.24. The minimum absolute atomic E-state index is 0.208. The summed E-state index contributed by atoms with van der Waals surface area (Å²) in [5.74, 6) is -0.730. The molecule has 0 saturated carbocycles. The topological polar surface area (TPSA) is 40.5 Å². The van der Waals surface area contributed by atoms with Gasteiger partial charge in [-0.05, 0) is 75.6 Å². The molecule has 1 heterocycles. The van der Waals surface area contributed by atoms with E-state index in [1.54, 1.807) is 11.3 Å². The van der Waals surface area contributed by atoms with Crippen LogP contribution in [0, 0.1) is 5.41 Å². The number of carboxylic acids is 1. The third-order valence-corrected chi connectivity index (χ3v) is 6.95. The number of hydrogen-bond acceptors (Lipinski definition) is 3. The summed E-state index contributed by atoms with van der Waals surface area (Å²) in [7, 11) is 4.21. The van der Waals surface area contributed by atoms with Crippen LogP contribution in [0.3, 0.4) is 0 Å². The molecule has 3 rings (SSSR count). The van der Waals surface area contributed by atoms with Crippen molar-refractivity contribution >= 4 is 22.9 Å². The van der Waals surface area contributed by atoms with Gasteiger partial charge in [0.25, 0.3) is 0 Å². The Hall–Kier alpha value is -1.13. The van der Waals surface area contributed by atoms with Gasteiger partial charge in [0.15, 0.2) is 0 Å². The van der Waals surface area contributed by atoms with Gasteiger partial charge in [-0.15, -0.1) is 11.3 Å². The third kappa shape index (κ3) is 4.01. The number of carboxylic acid groups (broad SMARTS) is 1. The molecule has 25 heavy (non-hydrogen) atoms. The highest BCUT2D eigenvalue weighted by Crippen LogP contribution is 2.46. The zero-order valence-corrected chi connectivity index (χ0v) is 16.9. The molecule has 0 bridgehead atoms. The van der Waals surface area contributed by atoms with E-state index in [2.05, 4.69) is 32.8 Å². The molecule has 0 spiro atoms. The molecule has 0 atom stereocenters. The van der Waals surface area contributed by atoms with Crippen LogP contribution >= 0.6 is 11.3 Å². The Labute approximate surface area is 155 Å². The number of nitrogens with zero attached hydrogens (tertiary/aromatic N) is 1. The van der Waals surface area contributed by atoms with Gasteiger partial charge in [0.2, 0.25) is 0 Å². The maximum absolute atomic E-state index is 12.2. The SMILES string of the molecule is CN(C)CC1=C(c2sc3c(c2C(=O)O)CC(C)(C)CC3)CCCCC1. The lowest BCUT2D eigenvalue weighted by atomic mass is 9.75. The Morgan fingerprint density at radius 1 is 1.16 bits per heavy atom. The highest BCUT2D eigenvalue weighted by molar-refractivity contribution is 7.13. The second-order valence-electron chi connectivity index (χ2n) is 8.73. The Morgan fingerprint density at radius 2 is 1.88 bits per heavy atom. The van der Waals surface area contributed by atoms with Crippen LogP contribution in [0.2, 0.25) is 0 Å². The van der Waals surface area contributed by atoms with E-state index in [1.165, 1.54) is 35.3 Å². The lowest BCUT2D eigenvalue weighted by molar-refractivity contribution is 0.0695. The minimum atomic E-state index is -0.730. The molecule has 1 N–H and O–H groups in total. The summed E-state index contributed by atoms with van der Waals surface area (Å²) in [5.41, 5.74) is 4.77. The number of rotatable bonds is 4. The van der Waals surface area contributed by atoms with Crippen LogP contribution in [-0.4, -0.2) is 36.6 Å². The van der Waals surface area contributed by atoms with Crippen molar-refractivity contribution in [2.75, 3.05) is 20.6 Å². The fraction of sp³-hybridized carbons (Fsp3) is 0.667. The van der Waals surface area contributed by atoms with Crippen molar-refractivity contribution in [2.24, 2.45) is 5.41 Å². The largest absolute Gasteiger partial charge is 0.478 e. The zero-order chi connectivity index (χ0) is 18.2. The van der Waals surface area contributed by atoms with Crippen LogP contribution in [0.1, 0.15) is 78.0 Å². The molecule has 0 fully saturated rings. The maximum Gasteiger partial charge on any atom is 0.337 e. The van der Waals surface area contributed by atoms with Gasteiger partial charge in [0.05, 0.1) is 5.56 Å². The van der Waals surface area contributed by atoms with E-state index in [9.17, 15) is 9.90 Å². The molecule has 138 valence electrons. The van der Waals surface area contributed by atoms with Crippen LogP contribution in [0.5, 0.6) is 0 Å². The van der Waals surface area contributed by atoms with Crippen LogP contribution < -0.4 is 0 Å².